The molecule has 1 fully saturated rings. The highest BCUT2D eigenvalue weighted by atomic mass is 16.5. The number of rotatable bonds is 7. The molecule has 3 heterocycles. The predicted molar refractivity (Wildman–Crippen MR) is 94.6 cm³/mol. The predicted octanol–water partition coefficient (Wildman–Crippen LogP) is 1.57. The molecule has 0 saturated carbocycles. The molecular formula is C17H22N6O2. The Morgan fingerprint density at radius 2 is 1.92 bits per heavy atom. The van der Waals surface area contributed by atoms with E-state index in [0.29, 0.717) is 37.9 Å². The highest BCUT2D eigenvalue weighted by Crippen LogP contribution is 2.14. The Labute approximate surface area is 146 Å². The highest BCUT2D eigenvalue weighted by molar-refractivity contribution is 5.78. The van der Waals surface area contributed by atoms with E-state index in [0.717, 1.165) is 18.5 Å². The standard InChI is InChI=1S/C17H22N6O2/c24-17(13-5-10-25-11-6-13)20-9-8-19-15-3-4-16(23-22-15)21-14-2-1-7-18-12-14/h1-4,7,12-13H,5-6,8-11H2,(H,19,22)(H,20,24)(H,21,23). The third-order valence-corrected chi connectivity index (χ3v) is 3.92. The van der Waals surface area contributed by atoms with Crippen molar-refractivity contribution in [1.82, 2.24) is 20.5 Å². The molecule has 0 unspecified atom stereocenters. The first kappa shape index (κ1) is 17.1. The van der Waals surface area contributed by atoms with Gasteiger partial charge in [0.1, 0.15) is 5.82 Å². The van der Waals surface area contributed by atoms with Crippen LogP contribution < -0.4 is 16.0 Å². The zero-order chi connectivity index (χ0) is 17.3. The number of nitrogens with one attached hydrogen (secondary N) is 3. The van der Waals surface area contributed by atoms with Crippen LogP contribution in [0, 0.1) is 5.92 Å². The van der Waals surface area contributed by atoms with Crippen molar-refractivity contribution in [2.45, 2.75) is 12.8 Å². The molecule has 1 amide bonds. The smallest absolute Gasteiger partial charge is 0.223 e. The number of hydrogen-bond acceptors (Lipinski definition) is 7. The molecule has 3 rings (SSSR count). The van der Waals surface area contributed by atoms with E-state index in [-0.39, 0.29) is 11.8 Å². The minimum atomic E-state index is 0.0753. The molecule has 0 aromatic carbocycles. The number of aromatic nitrogens is 3. The number of anilines is 3. The Bertz CT molecular complexity index is 659. The van der Waals surface area contributed by atoms with Crippen LogP contribution in [0.25, 0.3) is 0 Å². The van der Waals surface area contributed by atoms with Crippen molar-refractivity contribution >= 4 is 23.2 Å². The van der Waals surface area contributed by atoms with Gasteiger partial charge in [0.2, 0.25) is 5.91 Å². The lowest BCUT2D eigenvalue weighted by Crippen LogP contribution is -2.36. The Balaban J connectivity index is 1.37. The lowest BCUT2D eigenvalue weighted by atomic mass is 9.99. The zero-order valence-electron chi connectivity index (χ0n) is 13.9. The number of carbonyl (C=O) groups is 1. The Kier molecular flexibility index (Phi) is 6.11. The van der Waals surface area contributed by atoms with Crippen molar-refractivity contribution in [3.63, 3.8) is 0 Å². The third kappa shape index (κ3) is 5.39. The van der Waals surface area contributed by atoms with E-state index in [2.05, 4.69) is 31.1 Å². The van der Waals surface area contributed by atoms with Crippen LogP contribution in [0.5, 0.6) is 0 Å². The van der Waals surface area contributed by atoms with Crippen LogP contribution in [-0.2, 0) is 9.53 Å². The quantitative estimate of drug-likeness (QED) is 0.657. The fourth-order valence-corrected chi connectivity index (χ4v) is 2.56. The van der Waals surface area contributed by atoms with E-state index >= 15 is 0 Å². The van der Waals surface area contributed by atoms with Crippen LogP contribution in [0.2, 0.25) is 0 Å². The van der Waals surface area contributed by atoms with Crippen molar-refractivity contribution in [2.24, 2.45) is 5.92 Å². The summed E-state index contributed by atoms with van der Waals surface area (Å²) >= 11 is 0. The molecule has 0 atom stereocenters. The van der Waals surface area contributed by atoms with Crippen LogP contribution in [-0.4, -0.2) is 47.4 Å². The summed E-state index contributed by atoms with van der Waals surface area (Å²) < 4.78 is 5.26. The van der Waals surface area contributed by atoms with Gasteiger partial charge in [-0.3, -0.25) is 9.78 Å². The van der Waals surface area contributed by atoms with Crippen LogP contribution in [0.1, 0.15) is 12.8 Å². The van der Waals surface area contributed by atoms with E-state index in [4.69, 9.17) is 4.74 Å². The number of ether oxygens (including phenoxy) is 1. The number of amides is 1. The summed E-state index contributed by atoms with van der Waals surface area (Å²) in [6.45, 7) is 2.49. The van der Waals surface area contributed by atoms with Gasteiger partial charge in [0.15, 0.2) is 5.82 Å². The topological polar surface area (TPSA) is 101 Å². The second kappa shape index (κ2) is 8.93. The van der Waals surface area contributed by atoms with Gasteiger partial charge in [-0.2, -0.15) is 0 Å². The maximum Gasteiger partial charge on any atom is 0.223 e. The Hall–Kier alpha value is -2.74. The van der Waals surface area contributed by atoms with Gasteiger partial charge in [-0.15, -0.1) is 10.2 Å². The monoisotopic (exact) mass is 342 g/mol. The molecular weight excluding hydrogens is 320 g/mol. The van der Waals surface area contributed by atoms with Crippen LogP contribution >= 0.6 is 0 Å². The molecule has 3 N–H and O–H groups in total. The SMILES string of the molecule is O=C(NCCNc1ccc(Nc2cccnc2)nn1)C1CCOCC1. The van der Waals surface area contributed by atoms with Crippen molar-refractivity contribution in [1.29, 1.82) is 0 Å². The second-order valence-electron chi connectivity index (χ2n) is 5.77. The summed E-state index contributed by atoms with van der Waals surface area (Å²) in [5.41, 5.74) is 0.855. The first-order valence-corrected chi connectivity index (χ1v) is 8.41. The molecule has 2 aromatic heterocycles. The summed E-state index contributed by atoms with van der Waals surface area (Å²) in [6, 6.07) is 7.43. The average molecular weight is 342 g/mol. The van der Waals surface area contributed by atoms with E-state index in [1.54, 1.807) is 12.4 Å². The minimum absolute atomic E-state index is 0.0753. The molecule has 0 radical (unpaired) electrons. The summed E-state index contributed by atoms with van der Waals surface area (Å²) in [5, 5.41) is 17.4. The van der Waals surface area contributed by atoms with Crippen LogP contribution in [0.15, 0.2) is 36.7 Å². The molecule has 0 spiro atoms. The van der Waals surface area contributed by atoms with Gasteiger partial charge >= 0.3 is 0 Å². The molecule has 2 aromatic rings. The zero-order valence-corrected chi connectivity index (χ0v) is 13.9. The van der Waals surface area contributed by atoms with E-state index in [1.807, 2.05) is 24.3 Å². The molecule has 0 aliphatic carbocycles. The number of hydrogen-bond donors (Lipinski definition) is 3. The third-order valence-electron chi connectivity index (χ3n) is 3.92. The summed E-state index contributed by atoms with van der Waals surface area (Å²) in [6.07, 6.45) is 5.03. The first-order chi connectivity index (χ1) is 12.3. The van der Waals surface area contributed by atoms with E-state index in [9.17, 15) is 4.79 Å². The largest absolute Gasteiger partial charge is 0.381 e. The van der Waals surface area contributed by atoms with Gasteiger partial charge < -0.3 is 20.7 Å². The van der Waals surface area contributed by atoms with Gasteiger partial charge in [-0.05, 0) is 37.1 Å². The fourth-order valence-electron chi connectivity index (χ4n) is 2.56. The van der Waals surface area contributed by atoms with Gasteiger partial charge in [0, 0.05) is 38.4 Å². The normalized spacial score (nSPS) is 14.7. The summed E-state index contributed by atoms with van der Waals surface area (Å²) in [5.74, 6) is 1.49. The molecule has 132 valence electrons. The number of nitrogens with zero attached hydrogens (tertiary/aromatic N) is 3. The molecule has 1 saturated heterocycles. The van der Waals surface area contributed by atoms with Crippen molar-refractivity contribution in [2.75, 3.05) is 36.9 Å². The molecule has 8 heteroatoms. The van der Waals surface area contributed by atoms with E-state index < -0.39 is 0 Å². The fraction of sp³-hybridized carbons (Fsp3) is 0.412. The number of pyridine rings is 1. The van der Waals surface area contributed by atoms with Crippen molar-refractivity contribution in [3.8, 4) is 0 Å². The van der Waals surface area contributed by atoms with Crippen molar-refractivity contribution in [3.05, 3.63) is 36.7 Å². The maximum absolute atomic E-state index is 12.0. The molecule has 1 aliphatic heterocycles. The average Bonchev–Trinajstić information content (AvgIpc) is 2.68. The highest BCUT2D eigenvalue weighted by Gasteiger charge is 2.20. The van der Waals surface area contributed by atoms with Gasteiger partial charge in [0.05, 0.1) is 11.9 Å². The van der Waals surface area contributed by atoms with Crippen LogP contribution in [0.4, 0.5) is 17.3 Å². The molecule has 1 aliphatic rings. The van der Waals surface area contributed by atoms with Gasteiger partial charge in [-0.1, -0.05) is 0 Å². The Morgan fingerprint density at radius 3 is 2.64 bits per heavy atom. The first-order valence-electron chi connectivity index (χ1n) is 8.41. The summed E-state index contributed by atoms with van der Waals surface area (Å²) in [4.78, 5) is 16.0. The molecule has 0 bridgehead atoms. The van der Waals surface area contributed by atoms with Gasteiger partial charge in [-0.25, -0.2) is 0 Å². The maximum atomic E-state index is 12.0. The number of carbonyl (C=O) groups excluding carboxylic acids is 1. The van der Waals surface area contributed by atoms with Gasteiger partial charge in [0.25, 0.3) is 0 Å². The van der Waals surface area contributed by atoms with Crippen molar-refractivity contribution < 1.29 is 9.53 Å². The summed E-state index contributed by atoms with van der Waals surface area (Å²) in [7, 11) is 0. The lowest BCUT2D eigenvalue weighted by Gasteiger charge is -2.21. The minimum Gasteiger partial charge on any atom is -0.381 e. The van der Waals surface area contributed by atoms with Crippen LogP contribution in [0.3, 0.4) is 0 Å². The Morgan fingerprint density at radius 1 is 1.12 bits per heavy atom. The molecule has 8 nitrogen and oxygen atoms in total. The molecule has 25 heavy (non-hydrogen) atoms. The van der Waals surface area contributed by atoms with E-state index in [1.165, 1.54) is 0 Å². The second-order valence-corrected chi connectivity index (χ2v) is 5.77. The lowest BCUT2D eigenvalue weighted by molar-refractivity contribution is -0.127.